The Balaban J connectivity index is 0.990. The zero-order valence-corrected chi connectivity index (χ0v) is 25.7. The van der Waals surface area contributed by atoms with Gasteiger partial charge in [-0.3, -0.25) is 14.8 Å². The maximum Gasteiger partial charge on any atom is 0.180 e. The van der Waals surface area contributed by atoms with Crippen molar-refractivity contribution in [2.24, 2.45) is 0 Å². The maximum absolute atomic E-state index is 6.68. The van der Waals surface area contributed by atoms with Crippen LogP contribution in [0.25, 0.3) is 22.6 Å². The van der Waals surface area contributed by atoms with Gasteiger partial charge in [-0.25, -0.2) is 9.97 Å². The zero-order valence-electron chi connectivity index (χ0n) is 24.9. The first-order chi connectivity index (χ1) is 21.6. The van der Waals surface area contributed by atoms with Crippen molar-refractivity contribution in [1.82, 2.24) is 29.7 Å². The number of methoxy groups -OCH3 is 1. The molecule has 2 aliphatic heterocycles. The molecule has 2 saturated heterocycles. The molecule has 3 aromatic heterocycles. The highest BCUT2D eigenvalue weighted by atomic mass is 35.5. The second kappa shape index (κ2) is 12.8. The van der Waals surface area contributed by atoms with Gasteiger partial charge >= 0.3 is 0 Å². The first kappa shape index (κ1) is 28.6. The number of piperazine rings is 1. The molecule has 5 aromatic rings. The van der Waals surface area contributed by atoms with Gasteiger partial charge < -0.3 is 19.9 Å². The summed E-state index contributed by atoms with van der Waals surface area (Å²) in [6, 6.07) is 21.4. The molecule has 9 nitrogen and oxygen atoms in total. The van der Waals surface area contributed by atoms with Gasteiger partial charge in [0.05, 0.1) is 24.0 Å². The van der Waals surface area contributed by atoms with Gasteiger partial charge in [-0.2, -0.15) is 0 Å². The van der Waals surface area contributed by atoms with Gasteiger partial charge in [-0.1, -0.05) is 29.8 Å². The molecule has 2 N–H and O–H groups in total. The largest absolute Gasteiger partial charge is 0.497 e. The summed E-state index contributed by atoms with van der Waals surface area (Å²) in [5.74, 6) is 1.67. The molecule has 44 heavy (non-hydrogen) atoms. The van der Waals surface area contributed by atoms with Crippen molar-refractivity contribution < 1.29 is 4.74 Å². The first-order valence-corrected chi connectivity index (χ1v) is 15.6. The van der Waals surface area contributed by atoms with Crippen LogP contribution in [0.2, 0.25) is 5.02 Å². The van der Waals surface area contributed by atoms with E-state index in [1.807, 2.05) is 30.6 Å². The van der Waals surface area contributed by atoms with Gasteiger partial charge in [0.2, 0.25) is 0 Å². The van der Waals surface area contributed by atoms with Crippen LogP contribution in [0.3, 0.4) is 0 Å². The van der Waals surface area contributed by atoms with Gasteiger partial charge in [0, 0.05) is 82.0 Å². The number of hydrogen-bond donors (Lipinski definition) is 2. The Kier molecular flexibility index (Phi) is 8.33. The summed E-state index contributed by atoms with van der Waals surface area (Å²) in [7, 11) is 1.70. The smallest absolute Gasteiger partial charge is 0.180 e. The lowest BCUT2D eigenvalue weighted by atomic mass is 10.1. The molecule has 0 bridgehead atoms. The molecule has 0 aliphatic carbocycles. The van der Waals surface area contributed by atoms with Gasteiger partial charge in [0.15, 0.2) is 5.65 Å². The number of fused-ring (bicyclic) bond motifs is 1. The van der Waals surface area contributed by atoms with E-state index in [0.29, 0.717) is 10.7 Å². The fourth-order valence-electron chi connectivity index (χ4n) is 6.24. The number of nitrogens with zero attached hydrogens (tertiary/aromatic N) is 6. The number of ether oxygens (including phenoxy) is 1. The zero-order chi connectivity index (χ0) is 29.9. The van der Waals surface area contributed by atoms with E-state index in [1.54, 1.807) is 13.3 Å². The van der Waals surface area contributed by atoms with Crippen molar-refractivity contribution in [3.05, 3.63) is 95.4 Å². The SMILES string of the molecule is COc1ccc(CN2CC[C@H](Nc3c(Cl)cnc4nc(-c5ccc(N6CCN(Cc7cccnc7)CC6)cc5)[nH]c34)C2)cc1. The van der Waals surface area contributed by atoms with Crippen LogP contribution in [0.5, 0.6) is 5.75 Å². The van der Waals surface area contributed by atoms with E-state index in [0.717, 1.165) is 87.1 Å². The van der Waals surface area contributed by atoms with E-state index < -0.39 is 0 Å². The van der Waals surface area contributed by atoms with Crippen LogP contribution in [0.4, 0.5) is 11.4 Å². The summed E-state index contributed by atoms with van der Waals surface area (Å²) in [6.07, 6.45) is 6.51. The number of halogens is 1. The average molecular weight is 609 g/mol. The normalized spacial score (nSPS) is 17.8. The lowest BCUT2D eigenvalue weighted by Crippen LogP contribution is -2.45. The Bertz CT molecular complexity index is 1690. The van der Waals surface area contributed by atoms with Crippen molar-refractivity contribution in [1.29, 1.82) is 0 Å². The number of imidazole rings is 1. The number of benzene rings is 2. The average Bonchev–Trinajstić information content (AvgIpc) is 3.71. The molecule has 2 aliphatic rings. The molecule has 7 rings (SSSR count). The van der Waals surface area contributed by atoms with E-state index in [9.17, 15) is 0 Å². The Morgan fingerprint density at radius 1 is 0.909 bits per heavy atom. The van der Waals surface area contributed by atoms with Gasteiger partial charge in [0.1, 0.15) is 17.1 Å². The minimum Gasteiger partial charge on any atom is -0.497 e. The number of pyridine rings is 2. The third-order valence-electron chi connectivity index (χ3n) is 8.67. The van der Waals surface area contributed by atoms with Crippen LogP contribution in [0.1, 0.15) is 17.5 Å². The number of nitrogens with one attached hydrogen (secondary N) is 2. The number of aromatic nitrogens is 4. The topological polar surface area (TPSA) is 85.4 Å². The number of H-pyrrole nitrogens is 1. The number of aromatic amines is 1. The van der Waals surface area contributed by atoms with E-state index >= 15 is 0 Å². The summed E-state index contributed by atoms with van der Waals surface area (Å²) in [4.78, 5) is 24.5. The Morgan fingerprint density at radius 3 is 2.45 bits per heavy atom. The summed E-state index contributed by atoms with van der Waals surface area (Å²) in [5.41, 5.74) is 7.17. The fourth-order valence-corrected chi connectivity index (χ4v) is 6.44. The van der Waals surface area contributed by atoms with E-state index in [2.05, 4.69) is 77.4 Å². The molecule has 0 radical (unpaired) electrons. The monoisotopic (exact) mass is 608 g/mol. The van der Waals surface area contributed by atoms with Gasteiger partial charge in [-0.05, 0) is 60.0 Å². The quantitative estimate of drug-likeness (QED) is 0.221. The minimum atomic E-state index is 0.284. The fraction of sp³-hybridized carbons (Fsp3) is 0.324. The number of rotatable bonds is 9. The predicted octanol–water partition coefficient (Wildman–Crippen LogP) is 5.69. The second-order valence-corrected chi connectivity index (χ2v) is 12.1. The Hall–Kier alpha value is -4.18. The maximum atomic E-state index is 6.68. The van der Waals surface area contributed by atoms with Crippen molar-refractivity contribution in [3.63, 3.8) is 0 Å². The van der Waals surface area contributed by atoms with Crippen LogP contribution < -0.4 is 15.0 Å². The molecule has 5 heterocycles. The minimum absolute atomic E-state index is 0.284. The van der Waals surface area contributed by atoms with E-state index in [-0.39, 0.29) is 6.04 Å². The lowest BCUT2D eigenvalue weighted by molar-refractivity contribution is 0.249. The first-order valence-electron chi connectivity index (χ1n) is 15.2. The highest BCUT2D eigenvalue weighted by Gasteiger charge is 2.25. The molecule has 2 fully saturated rings. The van der Waals surface area contributed by atoms with Crippen LogP contribution in [0, 0.1) is 0 Å². The Morgan fingerprint density at radius 2 is 1.70 bits per heavy atom. The molecule has 0 saturated carbocycles. The second-order valence-electron chi connectivity index (χ2n) is 11.6. The molecular weight excluding hydrogens is 572 g/mol. The van der Waals surface area contributed by atoms with E-state index in [1.165, 1.54) is 16.8 Å². The molecule has 0 amide bonds. The summed E-state index contributed by atoms with van der Waals surface area (Å²) < 4.78 is 5.29. The van der Waals surface area contributed by atoms with Crippen molar-refractivity contribution >= 4 is 34.1 Å². The van der Waals surface area contributed by atoms with Crippen LogP contribution in [0.15, 0.2) is 79.3 Å². The number of hydrogen-bond acceptors (Lipinski definition) is 8. The predicted molar refractivity (Wildman–Crippen MR) is 176 cm³/mol. The molecule has 1 atom stereocenters. The molecular formula is C34H37ClN8O. The van der Waals surface area contributed by atoms with Gasteiger partial charge in [-0.15, -0.1) is 0 Å². The van der Waals surface area contributed by atoms with Crippen LogP contribution in [-0.4, -0.2) is 82.2 Å². The highest BCUT2D eigenvalue weighted by Crippen LogP contribution is 2.33. The Labute approximate surface area is 262 Å². The summed E-state index contributed by atoms with van der Waals surface area (Å²) >= 11 is 6.68. The third-order valence-corrected chi connectivity index (χ3v) is 8.95. The highest BCUT2D eigenvalue weighted by molar-refractivity contribution is 6.34. The standard InChI is InChI=1S/C34H37ClN8O/c1-44-29-10-4-24(5-11-29)21-42-14-12-27(23-42)38-31-30(35)20-37-34-32(31)39-33(40-34)26-6-8-28(9-7-26)43-17-15-41(16-18-43)22-25-3-2-13-36-19-25/h2-11,13,19-20,27H,12,14-18,21-23H2,1H3,(H2,37,38,39,40)/t27-/m0/s1. The molecule has 0 unspecified atom stereocenters. The summed E-state index contributed by atoms with van der Waals surface area (Å²) in [5, 5.41) is 4.30. The van der Waals surface area contributed by atoms with Crippen molar-refractivity contribution in [3.8, 4) is 17.1 Å². The summed E-state index contributed by atoms with van der Waals surface area (Å²) in [6.45, 7) is 7.88. The van der Waals surface area contributed by atoms with Crippen LogP contribution >= 0.6 is 11.6 Å². The molecule has 226 valence electrons. The third kappa shape index (κ3) is 6.36. The molecule has 2 aromatic carbocycles. The number of likely N-dealkylation sites (tertiary alicyclic amines) is 1. The lowest BCUT2D eigenvalue weighted by Gasteiger charge is -2.36. The molecule has 10 heteroatoms. The van der Waals surface area contributed by atoms with Crippen molar-refractivity contribution in [2.45, 2.75) is 25.6 Å². The van der Waals surface area contributed by atoms with Gasteiger partial charge in [0.25, 0.3) is 0 Å². The molecule has 0 spiro atoms. The number of anilines is 2. The van der Waals surface area contributed by atoms with E-state index in [4.69, 9.17) is 21.3 Å². The van der Waals surface area contributed by atoms with Crippen LogP contribution in [-0.2, 0) is 13.1 Å². The van der Waals surface area contributed by atoms with Crippen molar-refractivity contribution in [2.75, 3.05) is 56.6 Å².